The average Bonchev–Trinajstić information content (AvgIpc) is 3.40. The lowest BCUT2D eigenvalue weighted by Gasteiger charge is -2.09. The summed E-state index contributed by atoms with van der Waals surface area (Å²) in [4.78, 5) is 12.8. The van der Waals surface area contributed by atoms with Gasteiger partial charge in [0.2, 0.25) is 0 Å². The molecule has 0 atom stereocenters. The van der Waals surface area contributed by atoms with Crippen molar-refractivity contribution in [1.29, 1.82) is 0 Å². The van der Waals surface area contributed by atoms with E-state index in [-0.39, 0.29) is 0 Å². The van der Waals surface area contributed by atoms with E-state index < -0.39 is 0 Å². The molecule has 1 aliphatic carbocycles. The van der Waals surface area contributed by atoms with E-state index in [1.54, 1.807) is 0 Å². The number of hydrogen-bond donors (Lipinski definition) is 3. The number of benzene rings is 1. The maximum atomic E-state index is 4.92. The van der Waals surface area contributed by atoms with Crippen molar-refractivity contribution in [3.05, 3.63) is 73.2 Å². The van der Waals surface area contributed by atoms with Crippen LogP contribution in [0.1, 0.15) is 12.8 Å². The number of pyridine rings is 2. The van der Waals surface area contributed by atoms with Crippen molar-refractivity contribution in [1.82, 2.24) is 25.1 Å². The predicted octanol–water partition coefficient (Wildman–Crippen LogP) is 5.50. The Kier molecular flexibility index (Phi) is 3.71. The second-order valence-corrected chi connectivity index (χ2v) is 7.82. The molecule has 6 nitrogen and oxygen atoms in total. The van der Waals surface area contributed by atoms with Gasteiger partial charge in [0.25, 0.3) is 0 Å². The maximum Gasteiger partial charge on any atom is 0.135 e. The summed E-state index contributed by atoms with van der Waals surface area (Å²) in [6, 6.07) is 16.4. The van der Waals surface area contributed by atoms with Crippen molar-refractivity contribution >= 4 is 27.6 Å². The van der Waals surface area contributed by atoms with Crippen LogP contribution in [-0.2, 0) is 0 Å². The predicted molar refractivity (Wildman–Crippen MR) is 120 cm³/mol. The molecule has 5 aromatic rings. The van der Waals surface area contributed by atoms with Crippen LogP contribution in [-0.4, -0.2) is 25.1 Å². The quantitative estimate of drug-likeness (QED) is 0.369. The summed E-state index contributed by atoms with van der Waals surface area (Å²) in [6.45, 7) is 4.14. The molecule has 1 aliphatic rings. The van der Waals surface area contributed by atoms with Crippen molar-refractivity contribution in [2.45, 2.75) is 12.8 Å². The van der Waals surface area contributed by atoms with Gasteiger partial charge in [0.15, 0.2) is 0 Å². The maximum absolute atomic E-state index is 4.92. The number of rotatable bonds is 5. The number of allylic oxidation sites excluding steroid dienone is 1. The van der Waals surface area contributed by atoms with Gasteiger partial charge < -0.3 is 10.3 Å². The first-order valence-corrected chi connectivity index (χ1v) is 10.1. The van der Waals surface area contributed by atoms with Gasteiger partial charge in [-0.2, -0.15) is 5.10 Å². The number of nitrogens with one attached hydrogen (secondary N) is 3. The van der Waals surface area contributed by atoms with Crippen LogP contribution in [0.5, 0.6) is 0 Å². The molecule has 0 radical (unpaired) electrons. The summed E-state index contributed by atoms with van der Waals surface area (Å²) in [5.74, 6) is 0.591. The van der Waals surface area contributed by atoms with Crippen LogP contribution < -0.4 is 5.32 Å². The molecule has 146 valence electrons. The van der Waals surface area contributed by atoms with Gasteiger partial charge >= 0.3 is 0 Å². The Morgan fingerprint density at radius 1 is 1.03 bits per heavy atom. The third-order valence-corrected chi connectivity index (χ3v) is 5.60. The standard InChI is InChI=1S/C24H20N6/c1-14(15-6-7-15)26-18-10-17(12-25-13-18)20-8-9-21-23(28-20)24(30-29-21)22-11-16-4-2-3-5-19(16)27-22/h2-5,8-13,15,26-27H,1,6-7H2,(H,29,30). The van der Waals surface area contributed by atoms with Crippen molar-refractivity contribution < 1.29 is 0 Å². The van der Waals surface area contributed by atoms with Crippen molar-refractivity contribution in [3.8, 4) is 22.6 Å². The topological polar surface area (TPSA) is 82.3 Å². The Hall–Kier alpha value is -3.93. The molecule has 0 saturated heterocycles. The zero-order valence-electron chi connectivity index (χ0n) is 16.3. The molecule has 3 N–H and O–H groups in total. The number of anilines is 1. The van der Waals surface area contributed by atoms with Crippen molar-refractivity contribution in [2.24, 2.45) is 5.92 Å². The summed E-state index contributed by atoms with van der Waals surface area (Å²) >= 11 is 0. The lowest BCUT2D eigenvalue weighted by molar-refractivity contribution is 1.02. The van der Waals surface area contributed by atoms with E-state index in [2.05, 4.69) is 56.3 Å². The first-order chi connectivity index (χ1) is 14.7. The molecule has 1 aromatic carbocycles. The van der Waals surface area contributed by atoms with Crippen LogP contribution in [0.25, 0.3) is 44.6 Å². The molecule has 1 fully saturated rings. The molecule has 4 heterocycles. The molecule has 0 spiro atoms. The Bertz CT molecular complexity index is 1370. The first-order valence-electron chi connectivity index (χ1n) is 10.1. The van der Waals surface area contributed by atoms with Gasteiger partial charge in [-0.25, -0.2) is 4.98 Å². The van der Waals surface area contributed by atoms with Gasteiger partial charge in [0.1, 0.15) is 11.2 Å². The van der Waals surface area contributed by atoms with E-state index >= 15 is 0 Å². The second kappa shape index (κ2) is 6.56. The molecule has 0 aliphatic heterocycles. The molecule has 30 heavy (non-hydrogen) atoms. The lowest BCUT2D eigenvalue weighted by Crippen LogP contribution is -2.00. The van der Waals surface area contributed by atoms with Crippen LogP contribution in [0.15, 0.2) is 73.2 Å². The number of nitrogens with zero attached hydrogens (tertiary/aromatic N) is 3. The Morgan fingerprint density at radius 3 is 2.80 bits per heavy atom. The van der Waals surface area contributed by atoms with Gasteiger partial charge in [0.05, 0.1) is 28.8 Å². The fourth-order valence-corrected chi connectivity index (χ4v) is 3.82. The first kappa shape index (κ1) is 17.0. The SMILES string of the molecule is C=C(Nc1cncc(-c2ccc3[nH]nc(-c4cc5ccccc5[nH]4)c3n2)c1)C1CC1. The van der Waals surface area contributed by atoms with Gasteiger partial charge in [0, 0.05) is 28.4 Å². The summed E-state index contributed by atoms with van der Waals surface area (Å²) in [7, 11) is 0. The lowest BCUT2D eigenvalue weighted by atomic mass is 10.1. The summed E-state index contributed by atoms with van der Waals surface area (Å²) in [5, 5.41) is 12.2. The van der Waals surface area contributed by atoms with Gasteiger partial charge in [-0.3, -0.25) is 10.1 Å². The molecular weight excluding hydrogens is 372 g/mol. The largest absolute Gasteiger partial charge is 0.358 e. The minimum atomic E-state index is 0.591. The molecule has 4 aromatic heterocycles. The van der Waals surface area contributed by atoms with Gasteiger partial charge in [-0.1, -0.05) is 24.8 Å². The number of aromatic nitrogens is 5. The van der Waals surface area contributed by atoms with E-state index in [1.807, 2.05) is 36.7 Å². The van der Waals surface area contributed by atoms with Crippen LogP contribution in [0.2, 0.25) is 0 Å². The highest BCUT2D eigenvalue weighted by atomic mass is 15.1. The van der Waals surface area contributed by atoms with E-state index in [0.717, 1.165) is 56.0 Å². The highest BCUT2D eigenvalue weighted by Crippen LogP contribution is 2.36. The fraction of sp³-hybridized carbons (Fsp3) is 0.125. The Balaban J connectivity index is 1.40. The fourth-order valence-electron chi connectivity index (χ4n) is 3.82. The van der Waals surface area contributed by atoms with Crippen LogP contribution in [0.3, 0.4) is 0 Å². The third kappa shape index (κ3) is 2.93. The molecule has 1 saturated carbocycles. The number of H-pyrrole nitrogens is 2. The zero-order chi connectivity index (χ0) is 20.1. The Morgan fingerprint density at radius 2 is 1.93 bits per heavy atom. The third-order valence-electron chi connectivity index (χ3n) is 5.60. The summed E-state index contributed by atoms with van der Waals surface area (Å²) in [6.07, 6.45) is 6.09. The van der Waals surface area contributed by atoms with Gasteiger partial charge in [-0.05, 0) is 49.1 Å². The van der Waals surface area contributed by atoms with E-state index in [4.69, 9.17) is 4.98 Å². The average molecular weight is 392 g/mol. The normalized spacial score (nSPS) is 13.7. The summed E-state index contributed by atoms with van der Waals surface area (Å²) in [5.41, 5.74) is 8.38. The van der Waals surface area contributed by atoms with E-state index in [1.165, 1.54) is 12.8 Å². The van der Waals surface area contributed by atoms with Crippen molar-refractivity contribution in [2.75, 3.05) is 5.32 Å². The van der Waals surface area contributed by atoms with Crippen LogP contribution >= 0.6 is 0 Å². The molecule has 0 bridgehead atoms. The number of fused-ring (bicyclic) bond motifs is 2. The van der Waals surface area contributed by atoms with Crippen molar-refractivity contribution in [3.63, 3.8) is 0 Å². The summed E-state index contributed by atoms with van der Waals surface area (Å²) < 4.78 is 0. The minimum absolute atomic E-state index is 0.591. The van der Waals surface area contributed by atoms with Crippen LogP contribution in [0.4, 0.5) is 5.69 Å². The minimum Gasteiger partial charge on any atom is -0.358 e. The molecule has 6 heteroatoms. The van der Waals surface area contributed by atoms with E-state index in [0.29, 0.717) is 5.92 Å². The highest BCUT2D eigenvalue weighted by molar-refractivity contribution is 5.94. The molecular formula is C24H20N6. The van der Waals surface area contributed by atoms with E-state index in [9.17, 15) is 0 Å². The number of aromatic amines is 2. The van der Waals surface area contributed by atoms with Crippen LogP contribution in [0, 0.1) is 5.92 Å². The molecule has 0 amide bonds. The smallest absolute Gasteiger partial charge is 0.135 e. The molecule has 6 rings (SSSR count). The monoisotopic (exact) mass is 392 g/mol. The number of hydrogen-bond acceptors (Lipinski definition) is 4. The molecule has 0 unspecified atom stereocenters. The Labute approximate surface area is 173 Å². The van der Waals surface area contributed by atoms with Gasteiger partial charge in [-0.15, -0.1) is 0 Å². The highest BCUT2D eigenvalue weighted by Gasteiger charge is 2.24. The number of para-hydroxylation sites is 1. The second-order valence-electron chi connectivity index (χ2n) is 7.82. The zero-order valence-corrected chi connectivity index (χ0v) is 16.3.